The summed E-state index contributed by atoms with van der Waals surface area (Å²) in [6, 6.07) is 23.8. The average Bonchev–Trinajstić information content (AvgIpc) is 2.59. The SMILES string of the molecule is c1ccc(COC2CCc3cc4ccccc4cc3C2)cc1. The van der Waals surface area contributed by atoms with Crippen molar-refractivity contribution in [2.75, 3.05) is 0 Å². The lowest BCUT2D eigenvalue weighted by molar-refractivity contribution is 0.0320. The van der Waals surface area contributed by atoms with Crippen LogP contribution in [0, 0.1) is 0 Å². The zero-order chi connectivity index (χ0) is 14.8. The topological polar surface area (TPSA) is 9.23 Å². The van der Waals surface area contributed by atoms with Crippen LogP contribution < -0.4 is 0 Å². The van der Waals surface area contributed by atoms with Crippen LogP contribution in [0.1, 0.15) is 23.1 Å². The Morgan fingerprint density at radius 2 is 1.50 bits per heavy atom. The van der Waals surface area contributed by atoms with E-state index in [1.54, 1.807) is 0 Å². The molecule has 0 amide bonds. The molecule has 1 aliphatic rings. The van der Waals surface area contributed by atoms with Gasteiger partial charge in [-0.3, -0.25) is 0 Å². The van der Waals surface area contributed by atoms with E-state index in [1.165, 1.54) is 27.5 Å². The van der Waals surface area contributed by atoms with E-state index in [-0.39, 0.29) is 0 Å². The van der Waals surface area contributed by atoms with Crippen LogP contribution in [0.15, 0.2) is 66.7 Å². The summed E-state index contributed by atoms with van der Waals surface area (Å²) in [6.07, 6.45) is 3.62. The lowest BCUT2D eigenvalue weighted by Crippen LogP contribution is -2.22. The van der Waals surface area contributed by atoms with Gasteiger partial charge in [-0.25, -0.2) is 0 Å². The van der Waals surface area contributed by atoms with E-state index in [1.807, 2.05) is 6.07 Å². The summed E-state index contributed by atoms with van der Waals surface area (Å²) in [6.45, 7) is 0.717. The highest BCUT2D eigenvalue weighted by Gasteiger charge is 2.19. The molecule has 3 aromatic rings. The average molecular weight is 288 g/mol. The highest BCUT2D eigenvalue weighted by atomic mass is 16.5. The molecule has 1 aliphatic carbocycles. The van der Waals surface area contributed by atoms with Crippen molar-refractivity contribution >= 4 is 10.8 Å². The summed E-state index contributed by atoms with van der Waals surface area (Å²) < 4.78 is 6.14. The van der Waals surface area contributed by atoms with Gasteiger partial charge in [-0.2, -0.15) is 0 Å². The molecule has 0 heterocycles. The van der Waals surface area contributed by atoms with Crippen molar-refractivity contribution < 1.29 is 4.74 Å². The van der Waals surface area contributed by atoms with Gasteiger partial charge in [-0.1, -0.05) is 66.7 Å². The van der Waals surface area contributed by atoms with E-state index in [9.17, 15) is 0 Å². The van der Waals surface area contributed by atoms with E-state index in [0.29, 0.717) is 12.7 Å². The number of aryl methyl sites for hydroxylation is 1. The van der Waals surface area contributed by atoms with Crippen LogP contribution in [-0.2, 0) is 24.2 Å². The third-order valence-corrected chi connectivity index (χ3v) is 4.58. The Morgan fingerprint density at radius 3 is 2.27 bits per heavy atom. The van der Waals surface area contributed by atoms with Crippen LogP contribution in [0.2, 0.25) is 0 Å². The first-order valence-electron chi connectivity index (χ1n) is 8.04. The lowest BCUT2D eigenvalue weighted by Gasteiger charge is -2.25. The maximum absolute atomic E-state index is 6.14. The first-order valence-corrected chi connectivity index (χ1v) is 8.04. The normalized spacial score (nSPS) is 17.4. The number of hydrogen-bond acceptors (Lipinski definition) is 1. The first kappa shape index (κ1) is 13.5. The summed E-state index contributed by atoms with van der Waals surface area (Å²) in [5, 5.41) is 2.69. The third kappa shape index (κ3) is 2.77. The second-order valence-electron chi connectivity index (χ2n) is 6.13. The summed E-state index contributed by atoms with van der Waals surface area (Å²) in [7, 11) is 0. The highest BCUT2D eigenvalue weighted by molar-refractivity contribution is 5.84. The van der Waals surface area contributed by atoms with Gasteiger partial charge >= 0.3 is 0 Å². The Bertz CT molecular complexity index is 776. The van der Waals surface area contributed by atoms with Gasteiger partial charge in [-0.05, 0) is 46.7 Å². The molecule has 1 heteroatoms. The number of ether oxygens (including phenoxy) is 1. The molecular weight excluding hydrogens is 268 g/mol. The van der Waals surface area contributed by atoms with Crippen LogP contribution in [0.4, 0.5) is 0 Å². The minimum absolute atomic E-state index is 0.342. The van der Waals surface area contributed by atoms with Crippen LogP contribution in [0.25, 0.3) is 10.8 Å². The zero-order valence-corrected chi connectivity index (χ0v) is 12.7. The fourth-order valence-electron chi connectivity index (χ4n) is 3.35. The number of benzene rings is 3. The Labute approximate surface area is 131 Å². The standard InChI is InChI=1S/C21H20O/c1-2-6-16(7-3-1)15-22-21-11-10-19-12-17-8-4-5-9-18(17)13-20(19)14-21/h1-9,12-13,21H,10-11,14-15H2. The molecule has 0 aromatic heterocycles. The predicted molar refractivity (Wildman–Crippen MR) is 91.0 cm³/mol. The molecule has 3 aromatic carbocycles. The van der Waals surface area contributed by atoms with Gasteiger partial charge in [0.15, 0.2) is 0 Å². The van der Waals surface area contributed by atoms with Gasteiger partial charge in [0.2, 0.25) is 0 Å². The van der Waals surface area contributed by atoms with Crippen molar-refractivity contribution in [3.8, 4) is 0 Å². The fourth-order valence-corrected chi connectivity index (χ4v) is 3.35. The van der Waals surface area contributed by atoms with Gasteiger partial charge in [0.05, 0.1) is 12.7 Å². The second kappa shape index (κ2) is 5.94. The molecule has 1 nitrogen and oxygen atoms in total. The maximum Gasteiger partial charge on any atom is 0.0720 e. The molecule has 0 fully saturated rings. The monoisotopic (exact) mass is 288 g/mol. The molecule has 0 saturated carbocycles. The number of rotatable bonds is 3. The Morgan fingerprint density at radius 1 is 0.818 bits per heavy atom. The van der Waals surface area contributed by atoms with Gasteiger partial charge in [0.25, 0.3) is 0 Å². The van der Waals surface area contributed by atoms with Crippen molar-refractivity contribution in [3.05, 3.63) is 83.4 Å². The molecule has 110 valence electrons. The quantitative estimate of drug-likeness (QED) is 0.665. The first-order chi connectivity index (χ1) is 10.9. The Balaban J connectivity index is 1.50. The van der Waals surface area contributed by atoms with E-state index in [0.717, 1.165) is 19.3 Å². The van der Waals surface area contributed by atoms with Crippen molar-refractivity contribution in [1.29, 1.82) is 0 Å². The van der Waals surface area contributed by atoms with E-state index >= 15 is 0 Å². The van der Waals surface area contributed by atoms with Gasteiger partial charge in [-0.15, -0.1) is 0 Å². The molecule has 0 spiro atoms. The molecular formula is C21H20O. The van der Waals surface area contributed by atoms with Crippen LogP contribution >= 0.6 is 0 Å². The lowest BCUT2D eigenvalue weighted by atomic mass is 9.87. The molecule has 22 heavy (non-hydrogen) atoms. The molecule has 0 N–H and O–H groups in total. The van der Waals surface area contributed by atoms with Crippen LogP contribution in [-0.4, -0.2) is 6.10 Å². The Kier molecular flexibility index (Phi) is 3.65. The highest BCUT2D eigenvalue weighted by Crippen LogP contribution is 2.28. The Hall–Kier alpha value is -2.12. The second-order valence-corrected chi connectivity index (χ2v) is 6.13. The van der Waals surface area contributed by atoms with Crippen LogP contribution in [0.3, 0.4) is 0 Å². The smallest absolute Gasteiger partial charge is 0.0720 e. The maximum atomic E-state index is 6.14. The third-order valence-electron chi connectivity index (χ3n) is 4.58. The van der Waals surface area contributed by atoms with E-state index in [2.05, 4.69) is 60.7 Å². The number of fused-ring (bicyclic) bond motifs is 2. The van der Waals surface area contributed by atoms with Crippen molar-refractivity contribution in [3.63, 3.8) is 0 Å². The van der Waals surface area contributed by atoms with Crippen molar-refractivity contribution in [2.24, 2.45) is 0 Å². The molecule has 4 rings (SSSR count). The minimum atomic E-state index is 0.342. The summed E-state index contributed by atoms with van der Waals surface area (Å²) in [4.78, 5) is 0. The molecule has 1 unspecified atom stereocenters. The van der Waals surface area contributed by atoms with Crippen LogP contribution in [0.5, 0.6) is 0 Å². The van der Waals surface area contributed by atoms with Gasteiger partial charge in [0, 0.05) is 0 Å². The minimum Gasteiger partial charge on any atom is -0.373 e. The molecule has 0 saturated heterocycles. The molecule has 0 bridgehead atoms. The largest absolute Gasteiger partial charge is 0.373 e. The van der Waals surface area contributed by atoms with E-state index in [4.69, 9.17) is 4.74 Å². The summed E-state index contributed by atoms with van der Waals surface area (Å²) in [5.41, 5.74) is 4.22. The predicted octanol–water partition coefficient (Wildman–Crippen LogP) is 4.91. The zero-order valence-electron chi connectivity index (χ0n) is 12.7. The summed E-state index contributed by atoms with van der Waals surface area (Å²) in [5.74, 6) is 0. The van der Waals surface area contributed by atoms with Gasteiger partial charge < -0.3 is 4.74 Å². The summed E-state index contributed by atoms with van der Waals surface area (Å²) >= 11 is 0. The molecule has 1 atom stereocenters. The van der Waals surface area contributed by atoms with Crippen molar-refractivity contribution in [1.82, 2.24) is 0 Å². The fraction of sp³-hybridized carbons (Fsp3) is 0.238. The van der Waals surface area contributed by atoms with Crippen molar-refractivity contribution in [2.45, 2.75) is 32.0 Å². The van der Waals surface area contributed by atoms with Gasteiger partial charge in [0.1, 0.15) is 0 Å². The molecule has 0 radical (unpaired) electrons. The molecule has 0 aliphatic heterocycles. The number of hydrogen-bond donors (Lipinski definition) is 0. The van der Waals surface area contributed by atoms with E-state index < -0.39 is 0 Å².